The average molecular weight is 877 g/mol. The minimum atomic E-state index is -0.664. The van der Waals surface area contributed by atoms with Gasteiger partial charge in [-0.1, -0.05) is 92.7 Å². The van der Waals surface area contributed by atoms with Crippen LogP contribution in [-0.4, -0.2) is 82.6 Å². The Kier molecular flexibility index (Phi) is 24.0. The van der Waals surface area contributed by atoms with Crippen molar-refractivity contribution in [2.45, 2.75) is 65.7 Å². The zero-order chi connectivity index (χ0) is 43.2. The summed E-state index contributed by atoms with van der Waals surface area (Å²) >= 11 is 0. The number of aliphatic hydroxyl groups excluding tert-OH is 1. The third-order valence-corrected chi connectivity index (χ3v) is 8.54. The number of carbonyl (C=O) groups excluding carboxylic acids is 4. The number of aliphatic hydroxyl groups is 1. The maximum absolute atomic E-state index is 12.2. The van der Waals surface area contributed by atoms with Gasteiger partial charge in [-0.15, -0.1) is 0 Å². The van der Waals surface area contributed by atoms with Crippen molar-refractivity contribution in [2.75, 3.05) is 32.1 Å². The number of carbonyl (C=O) groups is 4. The first-order valence-corrected chi connectivity index (χ1v) is 19.0. The highest BCUT2D eigenvalue weighted by Crippen LogP contribution is 2.17. The van der Waals surface area contributed by atoms with E-state index in [0.717, 1.165) is 33.5 Å². The number of aromatic nitrogens is 2. The van der Waals surface area contributed by atoms with Crippen LogP contribution >= 0.6 is 27.0 Å². The molecule has 18 heteroatoms. The summed E-state index contributed by atoms with van der Waals surface area (Å²) in [6.07, 6.45) is 3.21. The second-order valence-electron chi connectivity index (χ2n) is 14.1. The van der Waals surface area contributed by atoms with Crippen molar-refractivity contribution in [3.8, 4) is 0 Å². The minimum Gasteiger partial charge on any atom is -0.447 e. The fraction of sp³-hybridized carbons (Fsp3) is 0.349. The number of anilines is 1. The van der Waals surface area contributed by atoms with Gasteiger partial charge in [-0.2, -0.15) is 27.0 Å². The van der Waals surface area contributed by atoms with Crippen LogP contribution in [0.4, 0.5) is 20.2 Å². The van der Waals surface area contributed by atoms with Gasteiger partial charge >= 0.3 is 18.3 Å². The van der Waals surface area contributed by atoms with Crippen molar-refractivity contribution >= 4 is 78.5 Å². The van der Waals surface area contributed by atoms with Gasteiger partial charge in [0.05, 0.1) is 6.04 Å². The second-order valence-corrected chi connectivity index (χ2v) is 14.1. The van der Waals surface area contributed by atoms with Gasteiger partial charge in [-0.3, -0.25) is 15.1 Å². The first-order chi connectivity index (χ1) is 28.3. The monoisotopic (exact) mass is 876 g/mol. The number of nitrogens with zero attached hydrogens (tertiary/aromatic N) is 6. The number of fused-ring (bicyclic) bond motifs is 2. The molecule has 5 rings (SSSR count). The predicted octanol–water partition coefficient (Wildman–Crippen LogP) is 9.27. The Hall–Kier alpha value is -6.07. The number of rotatable bonds is 12. The van der Waals surface area contributed by atoms with Crippen molar-refractivity contribution in [2.24, 2.45) is 11.0 Å². The number of pyridine rings is 2. The van der Waals surface area contributed by atoms with E-state index in [-0.39, 0.29) is 64.5 Å². The minimum absolute atomic E-state index is 0. The largest absolute Gasteiger partial charge is 0.447 e. The van der Waals surface area contributed by atoms with Crippen LogP contribution in [0.2, 0.25) is 0 Å². The summed E-state index contributed by atoms with van der Waals surface area (Å²) in [5.41, 5.74) is 8.66. The molecule has 0 aliphatic carbocycles. The van der Waals surface area contributed by atoms with Crippen LogP contribution in [0.15, 0.2) is 109 Å². The normalized spacial score (nSPS) is 11.1. The molecule has 0 aliphatic heterocycles. The van der Waals surface area contributed by atoms with E-state index < -0.39 is 29.8 Å². The molecule has 2 heterocycles. The molecule has 3 aromatic carbocycles. The Morgan fingerprint density at radius 2 is 1.39 bits per heavy atom. The van der Waals surface area contributed by atoms with Gasteiger partial charge in [-0.25, -0.2) is 19.4 Å². The highest BCUT2D eigenvalue weighted by atomic mass is 32.1. The van der Waals surface area contributed by atoms with Crippen LogP contribution in [-0.2, 0) is 20.8 Å². The van der Waals surface area contributed by atoms with Gasteiger partial charge in [0.25, 0.3) is 5.91 Å². The molecule has 0 spiro atoms. The number of likely N-dealkylation sites (N-methyl/N-ethyl adjacent to an activating group) is 1. The van der Waals surface area contributed by atoms with E-state index in [1.54, 1.807) is 52.3 Å². The van der Waals surface area contributed by atoms with Crippen molar-refractivity contribution in [1.29, 1.82) is 0 Å². The number of benzene rings is 3. The molecule has 61 heavy (non-hydrogen) atoms. The Labute approximate surface area is 369 Å². The average Bonchev–Trinajstić information content (AvgIpc) is 3.23. The number of alkyl carbamates (subject to hydrolysis) is 1. The molecule has 4 amide bonds. The van der Waals surface area contributed by atoms with E-state index in [4.69, 9.17) is 24.8 Å². The zero-order valence-electron chi connectivity index (χ0n) is 35.2. The summed E-state index contributed by atoms with van der Waals surface area (Å²) in [5.74, 6) is -0.158. The van der Waals surface area contributed by atoms with E-state index >= 15 is 0 Å². The number of nitrogens with one attached hydrogen (secondary N) is 2. The van der Waals surface area contributed by atoms with Crippen LogP contribution in [0, 0.1) is 5.92 Å². The molecule has 0 saturated carbocycles. The Bertz CT molecular complexity index is 2180. The van der Waals surface area contributed by atoms with Crippen LogP contribution in [0.25, 0.3) is 32.0 Å². The lowest BCUT2D eigenvalue weighted by atomic mass is 10.1. The summed E-state index contributed by atoms with van der Waals surface area (Å²) in [6.45, 7) is 10.2. The highest BCUT2D eigenvalue weighted by molar-refractivity contribution is 7.59. The summed E-state index contributed by atoms with van der Waals surface area (Å²) in [5, 5.41) is 21.0. The zero-order valence-corrected chi connectivity index (χ0v) is 37.2. The number of azide groups is 1. The van der Waals surface area contributed by atoms with E-state index in [2.05, 4.69) is 30.6 Å². The number of hydrogen-bond acceptors (Lipinski definition) is 10. The molecule has 3 N–H and O–H groups in total. The standard InChI is InChI=1S/C20H27N3O4.C13H19NO3.C10H6N4O.2H2S/c1-6-16(23(5)19(25)27-20(2,3)4)13-26-18(24)22-17-11-14-9-7-8-10-15(14)12-21-17;1-2-11(9-15)8-14-13(16)17-10-12-6-4-3-5-7-12;11-14-13-10(15)9-5-7-3-1-2-4-8(7)6-12-9;;/h7-12,16H,6,13H2,1-5H3,(H,21,22,24);3-7,11,15H,2,8-10H2,1H3,(H,14,16);1-6H;2*1H2/t16-;11-;;;/m00.../s1. The van der Waals surface area contributed by atoms with Crippen molar-refractivity contribution in [3.63, 3.8) is 0 Å². The Morgan fingerprint density at radius 1 is 0.820 bits per heavy atom. The Morgan fingerprint density at radius 3 is 1.95 bits per heavy atom. The molecule has 0 bridgehead atoms. The van der Waals surface area contributed by atoms with Crippen molar-refractivity contribution in [3.05, 3.63) is 125 Å². The molecule has 328 valence electrons. The predicted molar refractivity (Wildman–Crippen MR) is 246 cm³/mol. The molecule has 5 aromatic rings. The second kappa shape index (κ2) is 27.6. The summed E-state index contributed by atoms with van der Waals surface area (Å²) in [6, 6.07) is 27.9. The summed E-state index contributed by atoms with van der Waals surface area (Å²) in [4.78, 5) is 58.8. The van der Waals surface area contributed by atoms with Crippen LogP contribution in [0.5, 0.6) is 0 Å². The highest BCUT2D eigenvalue weighted by Gasteiger charge is 2.25. The molecule has 2 atom stereocenters. The SMILES string of the molecule is CC[C@@H](COC(=O)Nc1cc2ccccc2cn1)N(C)C(=O)OC(C)(C)C.CC[C@H](CO)CNC(=O)OCc1ccccc1.S.S.[N-]=[N+]=NC(=O)c1cc2ccccc2cn1. The first kappa shape index (κ1) is 52.9. The van der Waals surface area contributed by atoms with Crippen molar-refractivity contribution in [1.82, 2.24) is 20.2 Å². The quantitative estimate of drug-likeness (QED) is 0.0467. The molecule has 2 aromatic heterocycles. The van der Waals surface area contributed by atoms with Crippen molar-refractivity contribution < 1.29 is 38.5 Å². The molecule has 0 saturated heterocycles. The Balaban J connectivity index is 0.000000475. The molecule has 0 aliphatic rings. The van der Waals surface area contributed by atoms with Crippen LogP contribution < -0.4 is 10.6 Å². The number of ether oxygens (including phenoxy) is 3. The molecule has 0 unspecified atom stereocenters. The van der Waals surface area contributed by atoms with E-state index in [9.17, 15) is 19.2 Å². The lowest BCUT2D eigenvalue weighted by Gasteiger charge is -2.29. The third-order valence-electron chi connectivity index (χ3n) is 8.54. The molecule has 0 fully saturated rings. The molecule has 0 radical (unpaired) electrons. The number of amides is 4. The van der Waals surface area contributed by atoms with E-state index in [0.29, 0.717) is 18.8 Å². The lowest BCUT2D eigenvalue weighted by Crippen LogP contribution is -2.43. The van der Waals surface area contributed by atoms with Crippen LogP contribution in [0.3, 0.4) is 0 Å². The lowest BCUT2D eigenvalue weighted by molar-refractivity contribution is 0.0145. The summed E-state index contributed by atoms with van der Waals surface area (Å²) in [7, 11) is 1.63. The van der Waals surface area contributed by atoms with E-state index in [1.807, 2.05) is 92.7 Å². The molecular weight excluding hydrogens is 821 g/mol. The summed E-state index contributed by atoms with van der Waals surface area (Å²) < 4.78 is 15.7. The van der Waals surface area contributed by atoms with Crippen LogP contribution in [0.1, 0.15) is 63.5 Å². The van der Waals surface area contributed by atoms with Gasteiger partial charge in [0.1, 0.15) is 30.3 Å². The fourth-order valence-electron chi connectivity index (χ4n) is 5.08. The van der Waals surface area contributed by atoms with Gasteiger partial charge in [0, 0.05) is 48.3 Å². The first-order valence-electron chi connectivity index (χ1n) is 19.0. The maximum atomic E-state index is 12.2. The van der Waals surface area contributed by atoms with Gasteiger partial charge in [0.2, 0.25) is 0 Å². The molecular formula is C43H56N8O8S2. The topological polar surface area (TPSA) is 218 Å². The third kappa shape index (κ3) is 19.2. The van der Waals surface area contributed by atoms with Gasteiger partial charge in [-0.05, 0) is 78.6 Å². The fourth-order valence-corrected chi connectivity index (χ4v) is 5.08. The maximum Gasteiger partial charge on any atom is 0.412 e. The van der Waals surface area contributed by atoms with Gasteiger partial charge in [0.15, 0.2) is 0 Å². The molecule has 16 nitrogen and oxygen atoms in total. The van der Waals surface area contributed by atoms with Gasteiger partial charge < -0.3 is 29.5 Å². The smallest absolute Gasteiger partial charge is 0.412 e. The number of hydrogen-bond donors (Lipinski definition) is 3. The van der Waals surface area contributed by atoms with E-state index in [1.165, 1.54) is 4.90 Å².